The lowest BCUT2D eigenvalue weighted by Crippen LogP contribution is -2.49. The fraction of sp³-hybridized carbons (Fsp3) is 0.562. The van der Waals surface area contributed by atoms with Gasteiger partial charge in [0.15, 0.2) is 0 Å². The Morgan fingerprint density at radius 3 is 2.46 bits per heavy atom. The third-order valence-electron chi connectivity index (χ3n) is 4.21. The predicted molar refractivity (Wildman–Crippen MR) is 88.0 cm³/mol. The molecule has 1 amide bonds. The fourth-order valence-corrected chi connectivity index (χ4v) is 2.84. The van der Waals surface area contributed by atoms with Crippen LogP contribution in [0, 0.1) is 10.1 Å². The monoisotopic (exact) mass is 375 g/mol. The summed E-state index contributed by atoms with van der Waals surface area (Å²) in [4.78, 5) is 25.7. The van der Waals surface area contributed by atoms with E-state index in [0.717, 1.165) is 12.1 Å². The Bertz CT molecular complexity index is 659. The number of amides is 1. The maximum absolute atomic E-state index is 12.8. The van der Waals surface area contributed by atoms with Crippen molar-refractivity contribution in [2.75, 3.05) is 44.8 Å². The highest BCUT2D eigenvalue weighted by Gasteiger charge is 2.34. The Balaban J connectivity index is 2.07. The number of benzene rings is 1. The summed E-state index contributed by atoms with van der Waals surface area (Å²) in [5.74, 6) is -0.0244. The van der Waals surface area contributed by atoms with Gasteiger partial charge in [-0.25, -0.2) is 0 Å². The van der Waals surface area contributed by atoms with Crippen LogP contribution in [-0.4, -0.2) is 55.6 Å². The molecule has 1 aromatic carbocycles. The molecule has 0 radical (unpaired) electrons. The molecule has 0 aromatic heterocycles. The van der Waals surface area contributed by atoms with Crippen LogP contribution >= 0.6 is 0 Å². The van der Waals surface area contributed by atoms with Gasteiger partial charge < -0.3 is 14.5 Å². The second-order valence-corrected chi connectivity index (χ2v) is 5.92. The minimum absolute atomic E-state index is 0.0244. The van der Waals surface area contributed by atoms with Gasteiger partial charge in [-0.05, 0) is 18.6 Å². The summed E-state index contributed by atoms with van der Waals surface area (Å²) in [5.41, 5.74) is -1.51. The number of anilines is 1. The molecule has 1 fully saturated rings. The molecule has 1 aliphatic heterocycles. The molecular weight excluding hydrogens is 355 g/mol. The van der Waals surface area contributed by atoms with Crippen LogP contribution in [0.15, 0.2) is 18.2 Å². The zero-order valence-electron chi connectivity index (χ0n) is 14.3. The third kappa shape index (κ3) is 4.84. The highest BCUT2D eigenvalue weighted by Crippen LogP contribution is 2.36. The van der Waals surface area contributed by atoms with Crippen molar-refractivity contribution in [3.8, 4) is 0 Å². The lowest BCUT2D eigenvalue weighted by Gasteiger charge is -2.36. The third-order valence-corrected chi connectivity index (χ3v) is 4.21. The van der Waals surface area contributed by atoms with Gasteiger partial charge in [-0.15, -0.1) is 0 Å². The molecule has 7 nitrogen and oxygen atoms in total. The number of carbonyl (C=O) groups excluding carboxylic acids is 1. The van der Waals surface area contributed by atoms with E-state index in [9.17, 15) is 28.1 Å². The van der Waals surface area contributed by atoms with Gasteiger partial charge in [0, 0.05) is 52.4 Å². The normalized spacial score (nSPS) is 15.2. The Morgan fingerprint density at radius 1 is 1.27 bits per heavy atom. The van der Waals surface area contributed by atoms with E-state index in [1.54, 1.807) is 16.9 Å². The van der Waals surface area contributed by atoms with E-state index < -0.39 is 22.4 Å². The van der Waals surface area contributed by atoms with Crippen molar-refractivity contribution in [3.63, 3.8) is 0 Å². The van der Waals surface area contributed by atoms with Crippen molar-refractivity contribution >= 4 is 17.3 Å². The van der Waals surface area contributed by atoms with Crippen molar-refractivity contribution in [2.24, 2.45) is 0 Å². The van der Waals surface area contributed by atoms with Gasteiger partial charge in [0.2, 0.25) is 5.91 Å². The Labute approximate surface area is 148 Å². The second-order valence-electron chi connectivity index (χ2n) is 5.92. The van der Waals surface area contributed by atoms with E-state index in [-0.39, 0.29) is 11.6 Å². The van der Waals surface area contributed by atoms with E-state index in [1.807, 2.05) is 0 Å². The molecule has 0 spiro atoms. The van der Waals surface area contributed by atoms with Crippen LogP contribution in [0.5, 0.6) is 0 Å². The number of carbonyl (C=O) groups is 1. The summed E-state index contributed by atoms with van der Waals surface area (Å²) < 4.78 is 43.3. The van der Waals surface area contributed by atoms with Crippen LogP contribution in [0.2, 0.25) is 0 Å². The number of nitro benzene ring substituents is 1. The van der Waals surface area contributed by atoms with Crippen LogP contribution in [0.4, 0.5) is 24.5 Å². The minimum atomic E-state index is -4.64. The average Bonchev–Trinajstić information content (AvgIpc) is 2.60. The Hall–Kier alpha value is -2.36. The van der Waals surface area contributed by atoms with Crippen LogP contribution in [0.1, 0.15) is 18.4 Å². The highest BCUT2D eigenvalue weighted by atomic mass is 19.4. The molecule has 0 atom stereocenters. The molecule has 1 heterocycles. The molecule has 1 aromatic rings. The molecule has 0 saturated carbocycles. The molecule has 26 heavy (non-hydrogen) atoms. The minimum Gasteiger partial charge on any atom is -0.385 e. The van der Waals surface area contributed by atoms with E-state index in [0.29, 0.717) is 51.7 Å². The van der Waals surface area contributed by atoms with E-state index in [4.69, 9.17) is 4.74 Å². The molecule has 0 aliphatic carbocycles. The van der Waals surface area contributed by atoms with Crippen molar-refractivity contribution in [1.82, 2.24) is 4.90 Å². The first-order chi connectivity index (χ1) is 12.2. The van der Waals surface area contributed by atoms with Gasteiger partial charge in [0.05, 0.1) is 10.5 Å². The lowest BCUT2D eigenvalue weighted by molar-refractivity contribution is -0.384. The van der Waals surface area contributed by atoms with Gasteiger partial charge in [-0.1, -0.05) is 0 Å². The molecule has 0 N–H and O–H groups in total. The number of methoxy groups -OCH3 is 1. The maximum Gasteiger partial charge on any atom is 0.416 e. The first-order valence-corrected chi connectivity index (χ1v) is 8.11. The van der Waals surface area contributed by atoms with Gasteiger partial charge >= 0.3 is 6.18 Å². The van der Waals surface area contributed by atoms with Crippen LogP contribution in [0.3, 0.4) is 0 Å². The maximum atomic E-state index is 12.8. The predicted octanol–water partition coefficient (Wildman–Crippen LogP) is 2.69. The average molecular weight is 375 g/mol. The summed E-state index contributed by atoms with van der Waals surface area (Å²) in [6.07, 6.45) is -3.68. The Morgan fingerprint density at radius 2 is 1.92 bits per heavy atom. The topological polar surface area (TPSA) is 75.9 Å². The number of hydrogen-bond donors (Lipinski definition) is 0. The van der Waals surface area contributed by atoms with Crippen LogP contribution in [-0.2, 0) is 15.7 Å². The van der Waals surface area contributed by atoms with Gasteiger partial charge in [-0.2, -0.15) is 13.2 Å². The molecule has 2 rings (SSSR count). The fourth-order valence-electron chi connectivity index (χ4n) is 2.84. The van der Waals surface area contributed by atoms with E-state index >= 15 is 0 Å². The molecule has 0 bridgehead atoms. The smallest absolute Gasteiger partial charge is 0.385 e. The molecular formula is C16H20F3N3O4. The first-order valence-electron chi connectivity index (χ1n) is 8.11. The van der Waals surface area contributed by atoms with Crippen molar-refractivity contribution in [3.05, 3.63) is 33.9 Å². The molecule has 1 saturated heterocycles. The summed E-state index contributed by atoms with van der Waals surface area (Å²) in [7, 11) is 1.56. The first kappa shape index (κ1) is 20.0. The van der Waals surface area contributed by atoms with Crippen molar-refractivity contribution in [1.29, 1.82) is 0 Å². The number of rotatable bonds is 6. The number of hydrogen-bond acceptors (Lipinski definition) is 5. The molecule has 1 aliphatic rings. The number of ether oxygens (including phenoxy) is 1. The molecule has 0 unspecified atom stereocenters. The van der Waals surface area contributed by atoms with E-state index in [2.05, 4.69) is 0 Å². The number of piperazine rings is 1. The van der Waals surface area contributed by atoms with Crippen molar-refractivity contribution in [2.45, 2.75) is 19.0 Å². The number of alkyl halides is 3. The van der Waals surface area contributed by atoms with Crippen LogP contribution in [0.25, 0.3) is 0 Å². The van der Waals surface area contributed by atoms with E-state index in [1.165, 1.54) is 0 Å². The number of nitrogens with zero attached hydrogens (tertiary/aromatic N) is 3. The van der Waals surface area contributed by atoms with Gasteiger partial charge in [-0.3, -0.25) is 14.9 Å². The molecule has 144 valence electrons. The standard InChI is InChI=1S/C16H20F3N3O4/c1-26-10-2-3-15(23)21-8-6-20(7-9-21)13-5-4-12(16(17,18)19)11-14(13)22(24)25/h4-5,11H,2-3,6-10H2,1H3. The second kappa shape index (κ2) is 8.35. The zero-order valence-corrected chi connectivity index (χ0v) is 14.3. The summed E-state index contributed by atoms with van der Waals surface area (Å²) in [5, 5.41) is 11.2. The number of nitro groups is 1. The lowest BCUT2D eigenvalue weighted by atomic mass is 10.1. The summed E-state index contributed by atoms with van der Waals surface area (Å²) in [6.45, 7) is 1.86. The van der Waals surface area contributed by atoms with Gasteiger partial charge in [0.25, 0.3) is 5.69 Å². The highest BCUT2D eigenvalue weighted by molar-refractivity contribution is 5.76. The largest absolute Gasteiger partial charge is 0.416 e. The zero-order chi connectivity index (χ0) is 19.3. The molecule has 10 heteroatoms. The Kier molecular flexibility index (Phi) is 6.41. The summed E-state index contributed by atoms with van der Waals surface area (Å²) in [6, 6.07) is 2.51. The number of halogens is 3. The van der Waals surface area contributed by atoms with Crippen molar-refractivity contribution < 1.29 is 27.6 Å². The van der Waals surface area contributed by atoms with Crippen LogP contribution < -0.4 is 4.90 Å². The SMILES string of the molecule is COCCCC(=O)N1CCN(c2ccc(C(F)(F)F)cc2[N+](=O)[O-])CC1. The quantitative estimate of drug-likeness (QED) is 0.434. The van der Waals surface area contributed by atoms with Gasteiger partial charge in [0.1, 0.15) is 5.69 Å². The summed E-state index contributed by atoms with van der Waals surface area (Å²) >= 11 is 0.